The van der Waals surface area contributed by atoms with Crippen LogP contribution < -0.4 is 5.73 Å². The predicted octanol–water partition coefficient (Wildman–Crippen LogP) is 2.28. The molecule has 108 valence electrons. The molecule has 0 atom stereocenters. The van der Waals surface area contributed by atoms with Gasteiger partial charge in [0.05, 0.1) is 5.92 Å². The third-order valence-corrected chi connectivity index (χ3v) is 3.97. The lowest BCUT2D eigenvalue weighted by molar-refractivity contribution is -0.143. The van der Waals surface area contributed by atoms with Crippen molar-refractivity contribution in [1.29, 1.82) is 0 Å². The van der Waals surface area contributed by atoms with Gasteiger partial charge in [-0.1, -0.05) is 28.1 Å². The summed E-state index contributed by atoms with van der Waals surface area (Å²) in [5.41, 5.74) is 6.09. The van der Waals surface area contributed by atoms with Gasteiger partial charge in [0.25, 0.3) is 0 Å². The zero-order chi connectivity index (χ0) is 14.5. The van der Waals surface area contributed by atoms with Crippen LogP contribution in [0.25, 0.3) is 0 Å². The highest BCUT2D eigenvalue weighted by molar-refractivity contribution is 9.10. The second-order valence-corrected chi connectivity index (χ2v) is 5.83. The van der Waals surface area contributed by atoms with Crippen molar-refractivity contribution in [3.63, 3.8) is 0 Å². The minimum atomic E-state index is -1.02. The minimum absolute atomic E-state index is 0.219. The highest BCUT2D eigenvalue weighted by Crippen LogP contribution is 2.21. The van der Waals surface area contributed by atoms with E-state index in [0.29, 0.717) is 12.8 Å². The van der Waals surface area contributed by atoms with Crippen LogP contribution in [0, 0.1) is 5.92 Å². The number of benzene rings is 1. The lowest BCUT2D eigenvalue weighted by Gasteiger charge is -2.30. The maximum absolute atomic E-state index is 11.6. The first-order valence-corrected chi connectivity index (χ1v) is 7.32. The van der Waals surface area contributed by atoms with Crippen LogP contribution in [0.2, 0.25) is 0 Å². The van der Waals surface area contributed by atoms with E-state index in [-0.39, 0.29) is 5.92 Å². The third-order valence-electron chi connectivity index (χ3n) is 3.44. The summed E-state index contributed by atoms with van der Waals surface area (Å²) in [6.45, 7) is 2.49. The van der Waals surface area contributed by atoms with Crippen molar-refractivity contribution in [2.75, 3.05) is 13.1 Å². The summed E-state index contributed by atoms with van der Waals surface area (Å²) in [6, 6.07) is 8.20. The van der Waals surface area contributed by atoms with Crippen molar-refractivity contribution in [3.05, 3.63) is 34.3 Å². The van der Waals surface area contributed by atoms with Crippen LogP contribution in [-0.4, -0.2) is 30.1 Å². The van der Waals surface area contributed by atoms with Gasteiger partial charge in [0.2, 0.25) is 0 Å². The largest absolute Gasteiger partial charge is 0.412 e. The molecule has 1 aromatic carbocycles. The van der Waals surface area contributed by atoms with Gasteiger partial charge >= 0.3 is 12.1 Å². The molecule has 1 aliphatic rings. The molecule has 0 bridgehead atoms. The average molecular weight is 341 g/mol. The predicted molar refractivity (Wildman–Crippen MR) is 77.8 cm³/mol. The number of nitrogens with two attached hydrogens (primary N) is 1. The monoisotopic (exact) mass is 340 g/mol. The van der Waals surface area contributed by atoms with Gasteiger partial charge in [-0.05, 0) is 43.6 Å². The van der Waals surface area contributed by atoms with Crippen LogP contribution in [0.3, 0.4) is 0 Å². The SMILES string of the molecule is NC(=O)OC(=O)C1CCN(Cc2ccc(Br)cc2)CC1. The molecule has 0 radical (unpaired) electrons. The minimum Gasteiger partial charge on any atom is -0.376 e. The van der Waals surface area contributed by atoms with Crippen LogP contribution in [0.5, 0.6) is 0 Å². The van der Waals surface area contributed by atoms with E-state index in [1.807, 2.05) is 12.1 Å². The van der Waals surface area contributed by atoms with E-state index in [2.05, 4.69) is 37.7 Å². The smallest absolute Gasteiger partial charge is 0.376 e. The Morgan fingerprint density at radius 3 is 2.40 bits per heavy atom. The molecule has 1 aromatic rings. The number of hydrogen-bond acceptors (Lipinski definition) is 4. The summed E-state index contributed by atoms with van der Waals surface area (Å²) >= 11 is 3.41. The Bertz CT molecular complexity index is 482. The number of carbonyl (C=O) groups is 2. The van der Waals surface area contributed by atoms with Crippen molar-refractivity contribution >= 4 is 28.0 Å². The lowest BCUT2D eigenvalue weighted by atomic mass is 9.96. The molecular weight excluding hydrogens is 324 g/mol. The molecule has 1 fully saturated rings. The first-order chi connectivity index (χ1) is 9.54. The Morgan fingerprint density at radius 2 is 1.85 bits per heavy atom. The summed E-state index contributed by atoms with van der Waals surface area (Å²) in [7, 11) is 0. The number of esters is 1. The Hall–Kier alpha value is -1.40. The summed E-state index contributed by atoms with van der Waals surface area (Å²) in [4.78, 5) is 24.4. The molecule has 1 aliphatic heterocycles. The fourth-order valence-corrected chi connectivity index (χ4v) is 2.62. The third kappa shape index (κ3) is 4.31. The molecular formula is C14H17BrN2O3. The first kappa shape index (κ1) is 15.0. The van der Waals surface area contributed by atoms with Crippen LogP contribution >= 0.6 is 15.9 Å². The summed E-state index contributed by atoms with van der Waals surface area (Å²) in [5.74, 6) is -0.718. The van der Waals surface area contributed by atoms with Crippen LogP contribution in [0.1, 0.15) is 18.4 Å². The van der Waals surface area contributed by atoms with Gasteiger partial charge in [-0.15, -0.1) is 0 Å². The standard InChI is InChI=1S/C14H17BrN2O3/c15-12-3-1-10(2-4-12)9-17-7-5-11(6-8-17)13(18)20-14(16)19/h1-4,11H,5-9H2,(H2,16,19). The zero-order valence-electron chi connectivity index (χ0n) is 11.0. The molecule has 2 N–H and O–H groups in total. The molecule has 1 amide bonds. The summed E-state index contributed by atoms with van der Waals surface area (Å²) in [6.07, 6.45) is 0.373. The lowest BCUT2D eigenvalue weighted by Crippen LogP contribution is -2.37. The Balaban J connectivity index is 1.81. The molecule has 0 aliphatic carbocycles. The number of halogens is 1. The van der Waals surface area contributed by atoms with E-state index in [0.717, 1.165) is 24.1 Å². The molecule has 1 heterocycles. The second-order valence-electron chi connectivity index (χ2n) is 4.92. The normalized spacial score (nSPS) is 16.9. The van der Waals surface area contributed by atoms with Gasteiger partial charge in [0, 0.05) is 11.0 Å². The highest BCUT2D eigenvalue weighted by Gasteiger charge is 2.27. The zero-order valence-corrected chi connectivity index (χ0v) is 12.6. The Kier molecular flexibility index (Phi) is 5.14. The maximum Gasteiger partial charge on any atom is 0.412 e. The number of hydrogen-bond donors (Lipinski definition) is 1. The van der Waals surface area contributed by atoms with Crippen molar-refractivity contribution in [2.24, 2.45) is 11.7 Å². The first-order valence-electron chi connectivity index (χ1n) is 6.52. The number of rotatable bonds is 3. The van der Waals surface area contributed by atoms with Crippen molar-refractivity contribution in [1.82, 2.24) is 4.90 Å². The van der Waals surface area contributed by atoms with E-state index in [1.54, 1.807) is 0 Å². The molecule has 2 rings (SSSR count). The maximum atomic E-state index is 11.6. The van der Waals surface area contributed by atoms with Gasteiger partial charge in [0.15, 0.2) is 0 Å². The number of carbonyl (C=O) groups excluding carboxylic acids is 2. The molecule has 6 heteroatoms. The van der Waals surface area contributed by atoms with E-state index in [4.69, 9.17) is 5.73 Å². The van der Waals surface area contributed by atoms with Crippen molar-refractivity contribution in [3.8, 4) is 0 Å². The van der Waals surface area contributed by atoms with Crippen molar-refractivity contribution in [2.45, 2.75) is 19.4 Å². The molecule has 5 nitrogen and oxygen atoms in total. The van der Waals surface area contributed by atoms with E-state index < -0.39 is 12.1 Å². The van der Waals surface area contributed by atoms with E-state index in [1.165, 1.54) is 5.56 Å². The van der Waals surface area contributed by atoms with Gasteiger partial charge < -0.3 is 10.5 Å². The molecule has 0 unspecified atom stereocenters. The highest BCUT2D eigenvalue weighted by atomic mass is 79.9. The summed E-state index contributed by atoms with van der Waals surface area (Å²) < 4.78 is 5.50. The van der Waals surface area contributed by atoms with E-state index in [9.17, 15) is 9.59 Å². The van der Waals surface area contributed by atoms with Crippen LogP contribution in [0.4, 0.5) is 4.79 Å². The molecule has 0 aromatic heterocycles. The quantitative estimate of drug-likeness (QED) is 0.676. The number of nitrogens with zero attached hydrogens (tertiary/aromatic N) is 1. The number of ether oxygens (including phenoxy) is 1. The fourth-order valence-electron chi connectivity index (χ4n) is 2.36. The Labute approximate surface area is 126 Å². The topological polar surface area (TPSA) is 72.6 Å². The van der Waals surface area contributed by atoms with Crippen LogP contribution in [0.15, 0.2) is 28.7 Å². The molecule has 20 heavy (non-hydrogen) atoms. The fraction of sp³-hybridized carbons (Fsp3) is 0.429. The number of likely N-dealkylation sites (tertiary alicyclic amines) is 1. The average Bonchev–Trinajstić information content (AvgIpc) is 2.41. The van der Waals surface area contributed by atoms with E-state index >= 15 is 0 Å². The van der Waals surface area contributed by atoms with Gasteiger partial charge in [-0.2, -0.15) is 0 Å². The summed E-state index contributed by atoms with van der Waals surface area (Å²) in [5, 5.41) is 0. The number of primary amides is 1. The van der Waals surface area contributed by atoms with Crippen molar-refractivity contribution < 1.29 is 14.3 Å². The van der Waals surface area contributed by atoms with Gasteiger partial charge in [0.1, 0.15) is 0 Å². The molecule has 1 saturated heterocycles. The second kappa shape index (κ2) is 6.85. The molecule has 0 saturated carbocycles. The number of amides is 1. The Morgan fingerprint density at radius 1 is 1.25 bits per heavy atom. The molecule has 0 spiro atoms. The van der Waals surface area contributed by atoms with Crippen LogP contribution in [-0.2, 0) is 16.1 Å². The van der Waals surface area contributed by atoms with Gasteiger partial charge in [-0.25, -0.2) is 4.79 Å². The van der Waals surface area contributed by atoms with Gasteiger partial charge in [-0.3, -0.25) is 9.69 Å². The number of piperidine rings is 1.